The molecule has 1 aliphatic carbocycles. The van der Waals surface area contributed by atoms with Gasteiger partial charge in [-0.05, 0) is 37.0 Å². The van der Waals surface area contributed by atoms with Crippen LogP contribution < -0.4 is 16.0 Å². The number of halogens is 1. The SMILES string of the molecule is CN=C(NCCc1ccc(NC(C)=O)cc1)NC1CCCCC1.I. The summed E-state index contributed by atoms with van der Waals surface area (Å²) in [6, 6.07) is 8.53. The minimum Gasteiger partial charge on any atom is -0.356 e. The lowest BCUT2D eigenvalue weighted by atomic mass is 9.96. The van der Waals surface area contributed by atoms with Crippen LogP contribution in [0.4, 0.5) is 5.69 Å². The summed E-state index contributed by atoms with van der Waals surface area (Å²) in [5, 5.41) is 9.67. The first kappa shape index (κ1) is 20.7. The Morgan fingerprint density at radius 2 is 1.83 bits per heavy atom. The van der Waals surface area contributed by atoms with Gasteiger partial charge in [-0.15, -0.1) is 24.0 Å². The number of nitrogens with zero attached hydrogens (tertiary/aromatic N) is 1. The van der Waals surface area contributed by atoms with Crippen molar-refractivity contribution in [2.24, 2.45) is 4.99 Å². The molecule has 24 heavy (non-hydrogen) atoms. The third kappa shape index (κ3) is 7.51. The number of guanidine groups is 1. The van der Waals surface area contributed by atoms with Gasteiger partial charge in [-0.25, -0.2) is 0 Å². The lowest BCUT2D eigenvalue weighted by molar-refractivity contribution is -0.114. The zero-order chi connectivity index (χ0) is 16.5. The number of amides is 1. The van der Waals surface area contributed by atoms with Gasteiger partial charge in [-0.2, -0.15) is 0 Å². The molecule has 134 valence electrons. The molecule has 0 atom stereocenters. The van der Waals surface area contributed by atoms with Crippen LogP contribution >= 0.6 is 24.0 Å². The number of aliphatic imine (C=N–C) groups is 1. The molecule has 1 fully saturated rings. The fraction of sp³-hybridized carbons (Fsp3) is 0.556. The van der Waals surface area contributed by atoms with Crippen molar-refractivity contribution < 1.29 is 4.79 Å². The highest BCUT2D eigenvalue weighted by Gasteiger charge is 2.14. The van der Waals surface area contributed by atoms with Crippen molar-refractivity contribution >= 4 is 41.5 Å². The van der Waals surface area contributed by atoms with E-state index in [0.717, 1.165) is 24.6 Å². The number of hydrogen-bond acceptors (Lipinski definition) is 2. The van der Waals surface area contributed by atoms with Gasteiger partial charge in [0.05, 0.1) is 0 Å². The summed E-state index contributed by atoms with van der Waals surface area (Å²) in [4.78, 5) is 15.3. The molecule has 1 saturated carbocycles. The van der Waals surface area contributed by atoms with Crippen molar-refractivity contribution in [2.45, 2.75) is 51.5 Å². The summed E-state index contributed by atoms with van der Waals surface area (Å²) in [5.41, 5.74) is 2.07. The number of hydrogen-bond donors (Lipinski definition) is 3. The Morgan fingerprint density at radius 3 is 2.42 bits per heavy atom. The average molecular weight is 444 g/mol. The lowest BCUT2D eigenvalue weighted by Crippen LogP contribution is -2.44. The summed E-state index contributed by atoms with van der Waals surface area (Å²) in [5.74, 6) is 0.851. The van der Waals surface area contributed by atoms with Crippen molar-refractivity contribution in [1.82, 2.24) is 10.6 Å². The maximum atomic E-state index is 11.0. The maximum Gasteiger partial charge on any atom is 0.221 e. The van der Waals surface area contributed by atoms with E-state index in [1.807, 2.05) is 31.3 Å². The molecule has 1 aromatic carbocycles. The van der Waals surface area contributed by atoms with Gasteiger partial charge in [-0.1, -0.05) is 31.4 Å². The van der Waals surface area contributed by atoms with Gasteiger partial charge >= 0.3 is 0 Å². The third-order valence-electron chi connectivity index (χ3n) is 4.15. The van der Waals surface area contributed by atoms with E-state index in [4.69, 9.17) is 0 Å². The number of anilines is 1. The Hall–Kier alpha value is -1.31. The van der Waals surface area contributed by atoms with E-state index in [1.54, 1.807) is 0 Å². The van der Waals surface area contributed by atoms with E-state index in [2.05, 4.69) is 20.9 Å². The number of benzene rings is 1. The first-order valence-corrected chi connectivity index (χ1v) is 8.51. The molecule has 0 aromatic heterocycles. The van der Waals surface area contributed by atoms with E-state index in [-0.39, 0.29) is 29.9 Å². The molecule has 0 aliphatic heterocycles. The van der Waals surface area contributed by atoms with Crippen LogP contribution in [0, 0.1) is 0 Å². The van der Waals surface area contributed by atoms with Crippen LogP contribution in [0.1, 0.15) is 44.6 Å². The molecule has 0 unspecified atom stereocenters. The predicted molar refractivity (Wildman–Crippen MR) is 111 cm³/mol. The average Bonchev–Trinajstić information content (AvgIpc) is 2.56. The smallest absolute Gasteiger partial charge is 0.221 e. The summed E-state index contributed by atoms with van der Waals surface area (Å²) < 4.78 is 0. The van der Waals surface area contributed by atoms with E-state index in [1.165, 1.54) is 44.6 Å². The Kier molecular flexibility index (Phi) is 9.75. The molecule has 3 N–H and O–H groups in total. The quantitative estimate of drug-likeness (QED) is 0.371. The number of nitrogens with one attached hydrogen (secondary N) is 3. The number of carbonyl (C=O) groups is 1. The van der Waals surface area contributed by atoms with Crippen molar-refractivity contribution in [3.8, 4) is 0 Å². The Morgan fingerprint density at radius 1 is 1.17 bits per heavy atom. The molecule has 0 heterocycles. The normalized spacial score (nSPS) is 15.3. The Bertz CT molecular complexity index is 524. The number of carbonyl (C=O) groups excluding carboxylic acids is 1. The van der Waals surface area contributed by atoms with Gasteiger partial charge in [0.15, 0.2) is 5.96 Å². The fourth-order valence-electron chi connectivity index (χ4n) is 2.92. The molecular formula is C18H29IN4O. The molecule has 1 aliphatic rings. The van der Waals surface area contributed by atoms with Gasteiger partial charge in [0.25, 0.3) is 0 Å². The maximum absolute atomic E-state index is 11.0. The second-order valence-corrected chi connectivity index (χ2v) is 6.11. The molecule has 0 radical (unpaired) electrons. The molecule has 0 spiro atoms. The predicted octanol–water partition coefficient (Wildman–Crippen LogP) is 3.30. The Labute approximate surface area is 162 Å². The van der Waals surface area contributed by atoms with Gasteiger partial charge in [0, 0.05) is 32.2 Å². The number of rotatable bonds is 5. The van der Waals surface area contributed by atoms with Crippen molar-refractivity contribution in [2.75, 3.05) is 18.9 Å². The molecule has 6 heteroatoms. The van der Waals surface area contributed by atoms with E-state index in [9.17, 15) is 4.79 Å². The van der Waals surface area contributed by atoms with Crippen molar-refractivity contribution in [3.05, 3.63) is 29.8 Å². The highest BCUT2D eigenvalue weighted by atomic mass is 127. The van der Waals surface area contributed by atoms with Crippen LogP contribution in [0.5, 0.6) is 0 Å². The molecule has 1 aromatic rings. The van der Waals surface area contributed by atoms with Gasteiger partial charge < -0.3 is 16.0 Å². The minimum atomic E-state index is -0.0444. The zero-order valence-corrected chi connectivity index (χ0v) is 16.9. The second kappa shape index (κ2) is 11.3. The van der Waals surface area contributed by atoms with Crippen LogP contribution in [-0.4, -0.2) is 31.5 Å². The first-order chi connectivity index (χ1) is 11.2. The van der Waals surface area contributed by atoms with E-state index >= 15 is 0 Å². The molecule has 1 amide bonds. The third-order valence-corrected chi connectivity index (χ3v) is 4.15. The molecular weight excluding hydrogens is 415 g/mol. The van der Waals surface area contributed by atoms with Crippen molar-refractivity contribution in [3.63, 3.8) is 0 Å². The van der Waals surface area contributed by atoms with Crippen molar-refractivity contribution in [1.29, 1.82) is 0 Å². The highest BCUT2D eigenvalue weighted by molar-refractivity contribution is 14.0. The summed E-state index contributed by atoms with van der Waals surface area (Å²) in [6.45, 7) is 2.36. The molecule has 5 nitrogen and oxygen atoms in total. The van der Waals surface area contributed by atoms with Crippen LogP contribution in [0.2, 0.25) is 0 Å². The molecule has 0 saturated heterocycles. The van der Waals surface area contributed by atoms with Crippen LogP contribution in [0.3, 0.4) is 0 Å². The first-order valence-electron chi connectivity index (χ1n) is 8.51. The zero-order valence-electron chi connectivity index (χ0n) is 14.6. The van der Waals surface area contributed by atoms with Crippen LogP contribution in [0.15, 0.2) is 29.3 Å². The van der Waals surface area contributed by atoms with E-state index in [0.29, 0.717) is 6.04 Å². The van der Waals surface area contributed by atoms with Gasteiger partial charge in [0.1, 0.15) is 0 Å². The molecule has 0 bridgehead atoms. The fourth-order valence-corrected chi connectivity index (χ4v) is 2.92. The largest absolute Gasteiger partial charge is 0.356 e. The highest BCUT2D eigenvalue weighted by Crippen LogP contribution is 2.17. The van der Waals surface area contributed by atoms with Crippen LogP contribution in [0.25, 0.3) is 0 Å². The van der Waals surface area contributed by atoms with Gasteiger partial charge in [0.2, 0.25) is 5.91 Å². The summed E-state index contributed by atoms with van der Waals surface area (Å²) >= 11 is 0. The minimum absolute atomic E-state index is 0. The topological polar surface area (TPSA) is 65.5 Å². The Balaban J connectivity index is 0.00000288. The van der Waals surface area contributed by atoms with Gasteiger partial charge in [-0.3, -0.25) is 9.79 Å². The molecule has 2 rings (SSSR count). The monoisotopic (exact) mass is 444 g/mol. The summed E-state index contributed by atoms with van der Waals surface area (Å²) in [6.07, 6.45) is 7.39. The standard InChI is InChI=1S/C18H28N4O.HI/c1-14(23)21-17-10-8-15(9-11-17)12-13-20-18(19-2)22-16-6-4-3-5-7-16;/h8-11,16H,3-7,12-13H2,1-2H3,(H,21,23)(H2,19,20,22);1H. The summed E-state index contributed by atoms with van der Waals surface area (Å²) in [7, 11) is 1.82. The second-order valence-electron chi connectivity index (χ2n) is 6.11. The van der Waals surface area contributed by atoms with E-state index < -0.39 is 0 Å². The van der Waals surface area contributed by atoms with Crippen LogP contribution in [-0.2, 0) is 11.2 Å². The lowest BCUT2D eigenvalue weighted by Gasteiger charge is -2.24.